The summed E-state index contributed by atoms with van der Waals surface area (Å²) in [6, 6.07) is 8.03. The number of nitrogens with two attached hydrogens (primary N) is 1. The molecule has 1 aromatic carbocycles. The van der Waals surface area contributed by atoms with E-state index in [-0.39, 0.29) is 11.8 Å². The first-order valence-electron chi connectivity index (χ1n) is 7.57. The highest BCUT2D eigenvalue weighted by Crippen LogP contribution is 2.27. The van der Waals surface area contributed by atoms with E-state index in [2.05, 4.69) is 11.4 Å². The molecule has 21 heavy (non-hydrogen) atoms. The first-order chi connectivity index (χ1) is 10.2. The normalized spacial score (nSPS) is 13.1. The number of amides is 2. The summed E-state index contributed by atoms with van der Waals surface area (Å²) in [6.45, 7) is 1.84. The third-order valence-electron chi connectivity index (χ3n) is 3.69. The van der Waals surface area contributed by atoms with Gasteiger partial charge in [-0.15, -0.1) is 0 Å². The number of benzene rings is 1. The third kappa shape index (κ3) is 4.29. The van der Waals surface area contributed by atoms with Crippen LogP contribution in [0.25, 0.3) is 0 Å². The van der Waals surface area contributed by atoms with E-state index in [4.69, 9.17) is 5.73 Å². The van der Waals surface area contributed by atoms with Crippen LogP contribution in [-0.4, -0.2) is 31.4 Å². The zero-order valence-corrected chi connectivity index (χ0v) is 12.3. The van der Waals surface area contributed by atoms with Crippen molar-refractivity contribution in [3.8, 4) is 0 Å². The lowest BCUT2D eigenvalue weighted by molar-refractivity contribution is -0.122. The smallest absolute Gasteiger partial charge is 0.227 e. The predicted molar refractivity (Wildman–Crippen MR) is 83.0 cm³/mol. The van der Waals surface area contributed by atoms with Gasteiger partial charge in [-0.3, -0.25) is 9.59 Å². The molecule has 0 saturated carbocycles. The molecule has 0 aliphatic carbocycles. The Labute approximate surface area is 125 Å². The number of fused-ring (bicyclic) bond motifs is 1. The molecule has 5 heteroatoms. The summed E-state index contributed by atoms with van der Waals surface area (Å²) in [5.41, 5.74) is 7.62. The van der Waals surface area contributed by atoms with Crippen LogP contribution in [0.4, 0.5) is 5.69 Å². The van der Waals surface area contributed by atoms with Crippen molar-refractivity contribution in [1.29, 1.82) is 0 Å². The van der Waals surface area contributed by atoms with E-state index in [9.17, 15) is 9.59 Å². The number of nitrogens with one attached hydrogen (secondary N) is 1. The molecule has 0 bridgehead atoms. The van der Waals surface area contributed by atoms with Crippen LogP contribution in [0, 0.1) is 0 Å². The highest BCUT2D eigenvalue weighted by atomic mass is 16.2. The molecule has 2 rings (SSSR count). The van der Waals surface area contributed by atoms with Gasteiger partial charge in [-0.2, -0.15) is 0 Å². The van der Waals surface area contributed by atoms with E-state index in [0.29, 0.717) is 38.8 Å². The zero-order chi connectivity index (χ0) is 15.1. The van der Waals surface area contributed by atoms with Crippen molar-refractivity contribution in [3.05, 3.63) is 29.8 Å². The highest BCUT2D eigenvalue weighted by Gasteiger charge is 2.23. The van der Waals surface area contributed by atoms with Gasteiger partial charge in [0.2, 0.25) is 11.8 Å². The number of carbonyl (C=O) groups is 2. The Morgan fingerprint density at radius 3 is 2.81 bits per heavy atom. The van der Waals surface area contributed by atoms with Gasteiger partial charge >= 0.3 is 0 Å². The summed E-state index contributed by atoms with van der Waals surface area (Å²) in [4.78, 5) is 25.5. The van der Waals surface area contributed by atoms with Crippen LogP contribution in [0.2, 0.25) is 0 Å². The zero-order valence-electron chi connectivity index (χ0n) is 12.3. The Morgan fingerprint density at radius 2 is 2.00 bits per heavy atom. The second-order valence-corrected chi connectivity index (χ2v) is 5.27. The first kappa shape index (κ1) is 15.5. The van der Waals surface area contributed by atoms with Gasteiger partial charge in [-0.05, 0) is 37.4 Å². The fraction of sp³-hybridized carbons (Fsp3) is 0.500. The number of rotatable bonds is 7. The molecular formula is C16H23N3O2. The number of para-hydroxylation sites is 1. The van der Waals surface area contributed by atoms with E-state index >= 15 is 0 Å². The van der Waals surface area contributed by atoms with Crippen molar-refractivity contribution in [1.82, 2.24) is 5.32 Å². The van der Waals surface area contributed by atoms with Crippen LogP contribution >= 0.6 is 0 Å². The first-order valence-corrected chi connectivity index (χ1v) is 7.57. The summed E-state index contributed by atoms with van der Waals surface area (Å²) in [5, 5.41) is 2.82. The molecule has 1 aromatic rings. The van der Waals surface area contributed by atoms with Gasteiger partial charge in [0.05, 0.1) is 0 Å². The maximum atomic E-state index is 12.2. The number of hydrogen-bond acceptors (Lipinski definition) is 3. The van der Waals surface area contributed by atoms with Crippen molar-refractivity contribution < 1.29 is 9.59 Å². The highest BCUT2D eigenvalue weighted by molar-refractivity contribution is 5.95. The topological polar surface area (TPSA) is 75.4 Å². The summed E-state index contributed by atoms with van der Waals surface area (Å²) < 4.78 is 0. The Hall–Kier alpha value is -1.88. The van der Waals surface area contributed by atoms with E-state index in [0.717, 1.165) is 18.7 Å². The third-order valence-corrected chi connectivity index (χ3v) is 3.69. The minimum atomic E-state index is 0.0133. The molecule has 1 aliphatic rings. The fourth-order valence-corrected chi connectivity index (χ4v) is 2.55. The van der Waals surface area contributed by atoms with Gasteiger partial charge < -0.3 is 16.0 Å². The van der Waals surface area contributed by atoms with Crippen molar-refractivity contribution in [2.24, 2.45) is 5.73 Å². The SMILES string of the molecule is NCCCC(=O)NCCCC(=O)N1CCc2ccccc21. The summed E-state index contributed by atoms with van der Waals surface area (Å²) in [7, 11) is 0. The Bertz CT molecular complexity index is 502. The minimum absolute atomic E-state index is 0.0133. The van der Waals surface area contributed by atoms with Gasteiger partial charge in [0.25, 0.3) is 0 Å². The predicted octanol–water partition coefficient (Wildman–Crippen LogP) is 1.21. The lowest BCUT2D eigenvalue weighted by Crippen LogP contribution is -2.30. The average molecular weight is 289 g/mol. The molecule has 0 unspecified atom stereocenters. The van der Waals surface area contributed by atoms with Gasteiger partial charge in [0.15, 0.2) is 0 Å². The van der Waals surface area contributed by atoms with Crippen LogP contribution < -0.4 is 16.0 Å². The van der Waals surface area contributed by atoms with E-state index in [1.54, 1.807) is 0 Å². The number of carbonyl (C=O) groups excluding carboxylic acids is 2. The van der Waals surface area contributed by atoms with E-state index < -0.39 is 0 Å². The number of hydrogen-bond donors (Lipinski definition) is 2. The molecule has 1 heterocycles. The van der Waals surface area contributed by atoms with Crippen LogP contribution in [0.5, 0.6) is 0 Å². The van der Waals surface area contributed by atoms with Crippen molar-refractivity contribution >= 4 is 17.5 Å². The molecule has 0 aromatic heterocycles. The van der Waals surface area contributed by atoms with Crippen LogP contribution in [0.1, 0.15) is 31.2 Å². The molecule has 1 aliphatic heterocycles. The Balaban J connectivity index is 1.70. The molecule has 0 saturated heterocycles. The monoisotopic (exact) mass is 289 g/mol. The fourth-order valence-electron chi connectivity index (χ4n) is 2.55. The van der Waals surface area contributed by atoms with E-state index in [1.807, 2.05) is 23.1 Å². The van der Waals surface area contributed by atoms with E-state index in [1.165, 1.54) is 5.56 Å². The lowest BCUT2D eigenvalue weighted by atomic mass is 10.2. The number of nitrogens with zero attached hydrogens (tertiary/aromatic N) is 1. The quantitative estimate of drug-likeness (QED) is 0.741. The average Bonchev–Trinajstić information content (AvgIpc) is 2.93. The second-order valence-electron chi connectivity index (χ2n) is 5.27. The van der Waals surface area contributed by atoms with Crippen molar-refractivity contribution in [2.75, 3.05) is 24.5 Å². The van der Waals surface area contributed by atoms with Gasteiger partial charge in [0, 0.05) is 31.6 Å². The molecule has 114 valence electrons. The molecule has 0 spiro atoms. The van der Waals surface area contributed by atoms with Crippen molar-refractivity contribution in [2.45, 2.75) is 32.1 Å². The van der Waals surface area contributed by atoms with Crippen LogP contribution in [0.15, 0.2) is 24.3 Å². The summed E-state index contributed by atoms with van der Waals surface area (Å²) in [6.07, 6.45) is 3.23. The summed E-state index contributed by atoms with van der Waals surface area (Å²) >= 11 is 0. The van der Waals surface area contributed by atoms with Gasteiger partial charge in [0.1, 0.15) is 0 Å². The lowest BCUT2D eigenvalue weighted by Gasteiger charge is -2.17. The Kier molecular flexibility index (Phi) is 5.75. The van der Waals surface area contributed by atoms with Crippen molar-refractivity contribution in [3.63, 3.8) is 0 Å². The Morgan fingerprint density at radius 1 is 1.19 bits per heavy atom. The molecule has 0 fully saturated rings. The van der Waals surface area contributed by atoms with Crippen LogP contribution in [-0.2, 0) is 16.0 Å². The maximum Gasteiger partial charge on any atom is 0.227 e. The van der Waals surface area contributed by atoms with Gasteiger partial charge in [-0.25, -0.2) is 0 Å². The van der Waals surface area contributed by atoms with Gasteiger partial charge in [-0.1, -0.05) is 18.2 Å². The summed E-state index contributed by atoms with van der Waals surface area (Å²) in [5.74, 6) is 0.149. The standard InChI is InChI=1S/C16H23N3O2/c17-10-3-7-15(20)18-11-4-8-16(21)19-12-9-13-5-1-2-6-14(13)19/h1-2,5-6H,3-4,7-12,17H2,(H,18,20). The molecule has 5 nitrogen and oxygen atoms in total. The minimum Gasteiger partial charge on any atom is -0.356 e. The maximum absolute atomic E-state index is 12.2. The second kappa shape index (κ2) is 7.78. The number of anilines is 1. The molecule has 0 atom stereocenters. The molecule has 0 radical (unpaired) electrons. The molecule has 2 amide bonds. The largest absolute Gasteiger partial charge is 0.356 e. The molecular weight excluding hydrogens is 266 g/mol. The van der Waals surface area contributed by atoms with Crippen LogP contribution in [0.3, 0.4) is 0 Å². The molecule has 3 N–H and O–H groups in total.